The summed E-state index contributed by atoms with van der Waals surface area (Å²) in [5.41, 5.74) is 1.17. The third-order valence-electron chi connectivity index (χ3n) is 4.38. The molecule has 0 spiro atoms. The fraction of sp³-hybridized carbons (Fsp3) is 0.250. The van der Waals surface area contributed by atoms with Crippen molar-refractivity contribution in [1.29, 1.82) is 0 Å². The molecular weight excluding hydrogens is 442 g/mol. The second-order valence-corrected chi connectivity index (χ2v) is 8.08. The number of thioether (sulfide) groups is 1. The number of nitrogens with two attached hydrogens (primary N) is 1. The van der Waals surface area contributed by atoms with Crippen LogP contribution in [-0.4, -0.2) is 47.4 Å². The predicted molar refractivity (Wildman–Crippen MR) is 121 cm³/mol. The number of carbonyl (C=O) groups is 1. The molecule has 2 aromatic carbocycles. The summed E-state index contributed by atoms with van der Waals surface area (Å²) in [7, 11) is 4.62. The minimum atomic E-state index is -0.520. The zero-order valence-corrected chi connectivity index (χ0v) is 19.0. The van der Waals surface area contributed by atoms with Gasteiger partial charge in [0.2, 0.25) is 11.1 Å². The Morgan fingerprint density at radius 1 is 1.06 bits per heavy atom. The molecule has 0 saturated heterocycles. The smallest absolute Gasteiger partial charge is 0.237 e. The number of methoxy groups -OCH3 is 3. The van der Waals surface area contributed by atoms with E-state index in [1.54, 1.807) is 57.5 Å². The van der Waals surface area contributed by atoms with Gasteiger partial charge in [0, 0.05) is 10.6 Å². The molecule has 11 heteroatoms. The van der Waals surface area contributed by atoms with Crippen LogP contribution in [0.1, 0.15) is 6.92 Å². The molecule has 1 unspecified atom stereocenters. The van der Waals surface area contributed by atoms with Crippen molar-refractivity contribution in [3.63, 3.8) is 0 Å². The zero-order valence-electron chi connectivity index (χ0n) is 17.4. The lowest BCUT2D eigenvalue weighted by Gasteiger charge is -2.14. The van der Waals surface area contributed by atoms with Gasteiger partial charge in [-0.3, -0.25) is 4.79 Å². The molecular formula is C20H22ClN5O4S. The van der Waals surface area contributed by atoms with Crippen molar-refractivity contribution < 1.29 is 19.0 Å². The molecule has 1 amide bonds. The van der Waals surface area contributed by atoms with Crippen molar-refractivity contribution in [3.05, 3.63) is 41.4 Å². The monoisotopic (exact) mass is 463 g/mol. The molecule has 0 fully saturated rings. The van der Waals surface area contributed by atoms with Gasteiger partial charge in [0.05, 0.1) is 32.3 Å². The quantitative estimate of drug-likeness (QED) is 0.385. The third-order valence-corrected chi connectivity index (χ3v) is 5.67. The number of nitrogens with zero attached hydrogens (tertiary/aromatic N) is 3. The minimum absolute atomic E-state index is 0.263. The molecule has 9 nitrogen and oxygen atoms in total. The first kappa shape index (κ1) is 22.6. The topological polar surface area (TPSA) is 114 Å². The lowest BCUT2D eigenvalue weighted by molar-refractivity contribution is -0.115. The summed E-state index contributed by atoms with van der Waals surface area (Å²) in [6, 6.07) is 10.3. The number of hydrogen-bond acceptors (Lipinski definition) is 8. The predicted octanol–water partition coefficient (Wildman–Crippen LogP) is 3.46. The Labute approximate surface area is 188 Å². The number of halogens is 1. The van der Waals surface area contributed by atoms with Crippen LogP contribution in [-0.2, 0) is 4.79 Å². The van der Waals surface area contributed by atoms with Crippen molar-refractivity contribution in [1.82, 2.24) is 14.9 Å². The van der Waals surface area contributed by atoms with Gasteiger partial charge in [-0.1, -0.05) is 23.4 Å². The highest BCUT2D eigenvalue weighted by atomic mass is 35.5. The third kappa shape index (κ3) is 4.97. The van der Waals surface area contributed by atoms with Crippen LogP contribution in [0.5, 0.6) is 17.2 Å². The Kier molecular flexibility index (Phi) is 7.13. The van der Waals surface area contributed by atoms with Crippen LogP contribution >= 0.6 is 23.4 Å². The van der Waals surface area contributed by atoms with E-state index in [9.17, 15) is 4.79 Å². The molecule has 164 valence electrons. The molecule has 1 atom stereocenters. The second kappa shape index (κ2) is 9.80. The SMILES string of the molecule is COc1ccc(Cl)cc1NC(=O)C(C)Sc1nnc(-c2ccc(OC)c(OC)c2)n1N. The Morgan fingerprint density at radius 2 is 1.74 bits per heavy atom. The van der Waals surface area contributed by atoms with E-state index in [4.69, 9.17) is 31.7 Å². The Morgan fingerprint density at radius 3 is 2.42 bits per heavy atom. The van der Waals surface area contributed by atoms with E-state index in [1.165, 1.54) is 23.5 Å². The first-order chi connectivity index (χ1) is 14.9. The largest absolute Gasteiger partial charge is 0.495 e. The highest BCUT2D eigenvalue weighted by Gasteiger charge is 2.21. The van der Waals surface area contributed by atoms with Crippen LogP contribution in [0.4, 0.5) is 5.69 Å². The van der Waals surface area contributed by atoms with Crippen LogP contribution < -0.4 is 25.4 Å². The second-order valence-electron chi connectivity index (χ2n) is 6.34. The fourth-order valence-corrected chi connectivity index (χ4v) is 3.70. The molecule has 0 radical (unpaired) electrons. The lowest BCUT2D eigenvalue weighted by Crippen LogP contribution is -2.24. The van der Waals surface area contributed by atoms with Crippen molar-refractivity contribution in [2.24, 2.45) is 0 Å². The van der Waals surface area contributed by atoms with Crippen molar-refractivity contribution in [3.8, 4) is 28.6 Å². The van der Waals surface area contributed by atoms with E-state index in [-0.39, 0.29) is 5.91 Å². The highest BCUT2D eigenvalue weighted by Crippen LogP contribution is 2.33. The van der Waals surface area contributed by atoms with Gasteiger partial charge < -0.3 is 25.4 Å². The minimum Gasteiger partial charge on any atom is -0.495 e. The van der Waals surface area contributed by atoms with Crippen LogP contribution in [0.2, 0.25) is 5.02 Å². The molecule has 0 aliphatic heterocycles. The van der Waals surface area contributed by atoms with E-state index in [0.717, 1.165) is 0 Å². The summed E-state index contributed by atoms with van der Waals surface area (Å²) in [5.74, 6) is 7.99. The molecule has 1 aromatic heterocycles. The number of nitrogens with one attached hydrogen (secondary N) is 1. The molecule has 0 aliphatic rings. The maximum Gasteiger partial charge on any atom is 0.237 e. The first-order valence-electron chi connectivity index (χ1n) is 9.11. The maximum absolute atomic E-state index is 12.7. The van der Waals surface area contributed by atoms with E-state index in [0.29, 0.717) is 44.5 Å². The Bertz CT molecular complexity index is 1090. The van der Waals surface area contributed by atoms with Crippen LogP contribution in [0.25, 0.3) is 11.4 Å². The van der Waals surface area contributed by atoms with Crippen LogP contribution in [0, 0.1) is 0 Å². The lowest BCUT2D eigenvalue weighted by atomic mass is 10.2. The number of hydrogen-bond donors (Lipinski definition) is 2. The number of rotatable bonds is 8. The van der Waals surface area contributed by atoms with Gasteiger partial charge in [0.1, 0.15) is 5.75 Å². The highest BCUT2D eigenvalue weighted by molar-refractivity contribution is 8.00. The van der Waals surface area contributed by atoms with Crippen molar-refractivity contribution in [2.75, 3.05) is 32.5 Å². The summed E-state index contributed by atoms with van der Waals surface area (Å²) in [5, 5.41) is 11.4. The Balaban J connectivity index is 1.76. The molecule has 1 heterocycles. The normalized spacial score (nSPS) is 11.6. The van der Waals surface area contributed by atoms with Gasteiger partial charge >= 0.3 is 0 Å². The molecule has 0 bridgehead atoms. The van der Waals surface area contributed by atoms with E-state index in [1.807, 2.05) is 0 Å². The maximum atomic E-state index is 12.7. The summed E-state index contributed by atoms with van der Waals surface area (Å²) >= 11 is 7.19. The number of ether oxygens (including phenoxy) is 3. The molecule has 0 aliphatic carbocycles. The average Bonchev–Trinajstić information content (AvgIpc) is 3.13. The number of amides is 1. The summed E-state index contributed by atoms with van der Waals surface area (Å²) in [6.45, 7) is 1.74. The van der Waals surface area contributed by atoms with Crippen LogP contribution in [0.3, 0.4) is 0 Å². The summed E-state index contributed by atoms with van der Waals surface area (Å²) in [4.78, 5) is 12.7. The summed E-state index contributed by atoms with van der Waals surface area (Å²) < 4.78 is 17.2. The molecule has 3 aromatic rings. The van der Waals surface area contributed by atoms with Crippen molar-refractivity contribution >= 4 is 35.0 Å². The number of anilines is 1. The molecule has 0 saturated carbocycles. The molecule has 31 heavy (non-hydrogen) atoms. The first-order valence-corrected chi connectivity index (χ1v) is 10.4. The van der Waals surface area contributed by atoms with E-state index in [2.05, 4.69) is 15.5 Å². The number of carbonyl (C=O) groups excluding carboxylic acids is 1. The standard InChI is InChI=1S/C20H22ClN5O4S/c1-11(19(27)23-14-10-13(21)6-8-15(14)28-2)31-20-25-24-18(26(20)22)12-5-7-16(29-3)17(9-12)30-4/h5-11H,22H2,1-4H3,(H,23,27). The zero-order chi connectivity index (χ0) is 22.5. The van der Waals surface area contributed by atoms with Crippen LogP contribution in [0.15, 0.2) is 41.6 Å². The van der Waals surface area contributed by atoms with Gasteiger partial charge in [0.15, 0.2) is 17.3 Å². The van der Waals surface area contributed by atoms with Gasteiger partial charge in [0.25, 0.3) is 0 Å². The van der Waals surface area contributed by atoms with E-state index >= 15 is 0 Å². The van der Waals surface area contributed by atoms with Crippen molar-refractivity contribution in [2.45, 2.75) is 17.3 Å². The van der Waals surface area contributed by atoms with E-state index < -0.39 is 5.25 Å². The number of nitrogen functional groups attached to an aromatic ring is 1. The fourth-order valence-electron chi connectivity index (χ4n) is 2.75. The summed E-state index contributed by atoms with van der Waals surface area (Å²) in [6.07, 6.45) is 0. The molecule has 3 N–H and O–H groups in total. The van der Waals surface area contributed by atoms with Gasteiger partial charge in [-0.25, -0.2) is 4.68 Å². The average molecular weight is 464 g/mol. The number of benzene rings is 2. The van der Waals surface area contributed by atoms with Gasteiger partial charge in [-0.05, 0) is 43.3 Å². The van der Waals surface area contributed by atoms with Gasteiger partial charge in [-0.15, -0.1) is 10.2 Å². The molecule has 3 rings (SSSR count). The van der Waals surface area contributed by atoms with Gasteiger partial charge in [-0.2, -0.15) is 0 Å². The number of aromatic nitrogens is 3. The Hall–Kier alpha value is -3.11.